The number of halogens is 1. The highest BCUT2D eigenvalue weighted by atomic mass is 35.7. The number of aromatic nitrogens is 1. The van der Waals surface area contributed by atoms with Gasteiger partial charge in [-0.25, -0.2) is 13.2 Å². The van der Waals surface area contributed by atoms with E-state index in [1.54, 1.807) is 4.57 Å². The van der Waals surface area contributed by atoms with Crippen molar-refractivity contribution in [2.45, 2.75) is 57.4 Å². The van der Waals surface area contributed by atoms with Crippen LogP contribution in [0.25, 0.3) is 0 Å². The SMILES string of the molecule is CCCCCCOC(=O)c1cc(S(=O)(=O)Cl)cn1C(C)C. The summed E-state index contributed by atoms with van der Waals surface area (Å²) in [6.45, 7) is 6.14. The van der Waals surface area contributed by atoms with Crippen molar-refractivity contribution in [1.82, 2.24) is 4.57 Å². The van der Waals surface area contributed by atoms with E-state index in [1.165, 1.54) is 12.3 Å². The molecule has 1 rings (SSSR count). The fraction of sp³-hybridized carbons (Fsp3) is 0.643. The lowest BCUT2D eigenvalue weighted by atomic mass is 10.2. The monoisotopic (exact) mass is 335 g/mol. The van der Waals surface area contributed by atoms with Gasteiger partial charge in [0.15, 0.2) is 0 Å². The van der Waals surface area contributed by atoms with Crippen LogP contribution in [0.2, 0.25) is 0 Å². The number of ether oxygens (including phenoxy) is 1. The molecule has 0 radical (unpaired) electrons. The third kappa shape index (κ3) is 5.36. The lowest BCUT2D eigenvalue weighted by Gasteiger charge is -2.12. The molecule has 0 fully saturated rings. The molecule has 0 N–H and O–H groups in total. The first kappa shape index (κ1) is 18.0. The minimum atomic E-state index is -3.86. The maximum atomic E-state index is 12.1. The molecule has 1 aromatic rings. The van der Waals surface area contributed by atoms with Crippen LogP contribution in [0, 0.1) is 0 Å². The second-order valence-corrected chi connectivity index (χ2v) is 7.76. The largest absolute Gasteiger partial charge is 0.461 e. The van der Waals surface area contributed by atoms with Crippen LogP contribution in [-0.4, -0.2) is 25.6 Å². The maximum absolute atomic E-state index is 12.1. The first-order valence-electron chi connectivity index (χ1n) is 7.11. The van der Waals surface area contributed by atoms with E-state index in [-0.39, 0.29) is 16.6 Å². The summed E-state index contributed by atoms with van der Waals surface area (Å²) >= 11 is 0. The summed E-state index contributed by atoms with van der Waals surface area (Å²) in [6, 6.07) is 1.19. The van der Waals surface area contributed by atoms with E-state index in [0.29, 0.717) is 6.61 Å². The Kier molecular flexibility index (Phi) is 6.74. The molecule has 0 aliphatic heterocycles. The highest BCUT2D eigenvalue weighted by Gasteiger charge is 2.22. The minimum Gasteiger partial charge on any atom is -0.461 e. The normalized spacial score (nSPS) is 11.9. The Morgan fingerprint density at radius 2 is 2.00 bits per heavy atom. The second kappa shape index (κ2) is 7.84. The van der Waals surface area contributed by atoms with Gasteiger partial charge >= 0.3 is 5.97 Å². The summed E-state index contributed by atoms with van der Waals surface area (Å²) < 4.78 is 29.5. The standard InChI is InChI=1S/C14H22ClNO4S/c1-4-5-6-7-8-20-14(17)13-9-12(21(15,18)19)10-16(13)11(2)3/h9-11H,4-8H2,1-3H3. The quantitative estimate of drug-likeness (QED) is 0.412. The van der Waals surface area contributed by atoms with Crippen LogP contribution in [0.15, 0.2) is 17.2 Å². The smallest absolute Gasteiger partial charge is 0.354 e. The van der Waals surface area contributed by atoms with Crippen LogP contribution in [0.4, 0.5) is 0 Å². The minimum absolute atomic E-state index is 0.0696. The molecule has 5 nitrogen and oxygen atoms in total. The third-order valence-corrected chi connectivity index (χ3v) is 4.42. The van der Waals surface area contributed by atoms with Crippen molar-refractivity contribution in [1.29, 1.82) is 0 Å². The lowest BCUT2D eigenvalue weighted by Crippen LogP contribution is -2.13. The molecule has 0 aromatic carbocycles. The van der Waals surface area contributed by atoms with Gasteiger partial charge in [0.1, 0.15) is 10.6 Å². The van der Waals surface area contributed by atoms with E-state index >= 15 is 0 Å². The van der Waals surface area contributed by atoms with Crippen molar-refractivity contribution in [3.8, 4) is 0 Å². The van der Waals surface area contributed by atoms with Crippen molar-refractivity contribution in [3.63, 3.8) is 0 Å². The maximum Gasteiger partial charge on any atom is 0.354 e. The van der Waals surface area contributed by atoms with Crippen molar-refractivity contribution >= 4 is 25.7 Å². The molecule has 120 valence electrons. The number of rotatable bonds is 8. The van der Waals surface area contributed by atoms with Crippen LogP contribution in [-0.2, 0) is 13.8 Å². The zero-order valence-corrected chi connectivity index (χ0v) is 14.2. The molecule has 0 amide bonds. The van der Waals surface area contributed by atoms with Gasteiger partial charge < -0.3 is 9.30 Å². The van der Waals surface area contributed by atoms with Crippen LogP contribution in [0.3, 0.4) is 0 Å². The number of hydrogen-bond donors (Lipinski definition) is 0. The average Bonchev–Trinajstić information content (AvgIpc) is 2.83. The van der Waals surface area contributed by atoms with Crippen molar-refractivity contribution in [2.75, 3.05) is 6.61 Å². The van der Waals surface area contributed by atoms with Crippen LogP contribution < -0.4 is 0 Å². The van der Waals surface area contributed by atoms with Gasteiger partial charge in [-0.3, -0.25) is 0 Å². The number of unbranched alkanes of at least 4 members (excludes halogenated alkanes) is 3. The Labute approximate surface area is 130 Å². The molecule has 1 aromatic heterocycles. The Balaban J connectivity index is 2.81. The summed E-state index contributed by atoms with van der Waals surface area (Å²) in [6.07, 6.45) is 5.40. The summed E-state index contributed by atoms with van der Waals surface area (Å²) in [5.74, 6) is -0.522. The first-order valence-corrected chi connectivity index (χ1v) is 9.42. The zero-order valence-electron chi connectivity index (χ0n) is 12.6. The zero-order chi connectivity index (χ0) is 16.0. The molecule has 0 saturated carbocycles. The number of esters is 1. The molecule has 0 unspecified atom stereocenters. The predicted molar refractivity (Wildman–Crippen MR) is 82.3 cm³/mol. The third-order valence-electron chi connectivity index (χ3n) is 3.10. The van der Waals surface area contributed by atoms with E-state index in [1.807, 2.05) is 13.8 Å². The molecule has 0 bridgehead atoms. The summed E-state index contributed by atoms with van der Waals surface area (Å²) in [4.78, 5) is 12.0. The van der Waals surface area contributed by atoms with Crippen molar-refractivity contribution < 1.29 is 17.9 Å². The highest BCUT2D eigenvalue weighted by molar-refractivity contribution is 8.13. The summed E-state index contributed by atoms with van der Waals surface area (Å²) in [7, 11) is 1.46. The average molecular weight is 336 g/mol. The van der Waals surface area contributed by atoms with Gasteiger partial charge in [0.05, 0.1) is 6.61 Å². The Morgan fingerprint density at radius 1 is 1.33 bits per heavy atom. The number of hydrogen-bond acceptors (Lipinski definition) is 4. The lowest BCUT2D eigenvalue weighted by molar-refractivity contribution is 0.0483. The first-order chi connectivity index (χ1) is 9.77. The van der Waals surface area contributed by atoms with Crippen LogP contribution in [0.1, 0.15) is 63.0 Å². The van der Waals surface area contributed by atoms with Gasteiger partial charge in [0, 0.05) is 22.9 Å². The molecule has 0 saturated heterocycles. The van der Waals surface area contributed by atoms with E-state index in [2.05, 4.69) is 6.92 Å². The van der Waals surface area contributed by atoms with E-state index < -0.39 is 15.0 Å². The predicted octanol–water partition coefficient (Wildman–Crippen LogP) is 3.73. The molecule has 0 spiro atoms. The van der Waals surface area contributed by atoms with E-state index in [0.717, 1.165) is 25.7 Å². The van der Waals surface area contributed by atoms with Gasteiger partial charge in [-0.15, -0.1) is 0 Å². The molecule has 1 heterocycles. The number of carbonyl (C=O) groups is 1. The Hall–Kier alpha value is -1.01. The van der Waals surface area contributed by atoms with Gasteiger partial charge in [-0.1, -0.05) is 26.2 Å². The molecule has 0 atom stereocenters. The van der Waals surface area contributed by atoms with Gasteiger partial charge in [0.25, 0.3) is 9.05 Å². The molecular formula is C14H22ClNO4S. The Morgan fingerprint density at radius 3 is 2.52 bits per heavy atom. The second-order valence-electron chi connectivity index (χ2n) is 5.20. The van der Waals surface area contributed by atoms with Crippen LogP contribution in [0.5, 0.6) is 0 Å². The van der Waals surface area contributed by atoms with Crippen LogP contribution >= 0.6 is 10.7 Å². The molecule has 0 aliphatic carbocycles. The summed E-state index contributed by atoms with van der Waals surface area (Å²) in [5, 5.41) is 0. The fourth-order valence-electron chi connectivity index (χ4n) is 1.95. The van der Waals surface area contributed by atoms with E-state index in [9.17, 15) is 13.2 Å². The molecule has 21 heavy (non-hydrogen) atoms. The fourth-order valence-corrected chi connectivity index (χ4v) is 2.69. The molecular weight excluding hydrogens is 314 g/mol. The van der Waals surface area contributed by atoms with Gasteiger partial charge in [0.2, 0.25) is 0 Å². The molecule has 0 aliphatic rings. The summed E-state index contributed by atoms with van der Waals surface area (Å²) in [5.41, 5.74) is 0.208. The van der Waals surface area contributed by atoms with Crippen molar-refractivity contribution in [3.05, 3.63) is 18.0 Å². The van der Waals surface area contributed by atoms with E-state index in [4.69, 9.17) is 15.4 Å². The highest BCUT2D eigenvalue weighted by Crippen LogP contribution is 2.22. The topological polar surface area (TPSA) is 65.4 Å². The number of nitrogens with zero attached hydrogens (tertiary/aromatic N) is 1. The Bertz CT molecular complexity index is 578. The van der Waals surface area contributed by atoms with Crippen molar-refractivity contribution in [2.24, 2.45) is 0 Å². The van der Waals surface area contributed by atoms with Gasteiger partial charge in [-0.05, 0) is 26.3 Å². The number of carbonyl (C=O) groups excluding carboxylic acids is 1. The van der Waals surface area contributed by atoms with Gasteiger partial charge in [-0.2, -0.15) is 0 Å². The molecule has 7 heteroatoms.